The molecule has 6 nitrogen and oxygen atoms in total. The first kappa shape index (κ1) is 16.9. The van der Waals surface area contributed by atoms with Crippen molar-refractivity contribution in [3.63, 3.8) is 0 Å². The van der Waals surface area contributed by atoms with Gasteiger partial charge < -0.3 is 5.11 Å². The smallest absolute Gasteiger partial charge is 0.306 e. The summed E-state index contributed by atoms with van der Waals surface area (Å²) in [4.78, 5) is 11.5. The molecule has 0 radical (unpaired) electrons. The number of hydrogen-bond donors (Lipinski definition) is 1. The van der Waals surface area contributed by atoms with Gasteiger partial charge >= 0.3 is 5.97 Å². The SMILES string of the molecule is N#CCc1cccc(S(=O)(=O)N2CCC(C(=O)O)CC23CCC3)c1. The highest BCUT2D eigenvalue weighted by molar-refractivity contribution is 7.89. The fourth-order valence-corrected chi connectivity index (χ4v) is 5.75. The van der Waals surface area contributed by atoms with Gasteiger partial charge in [0.15, 0.2) is 0 Å². The summed E-state index contributed by atoms with van der Waals surface area (Å²) in [6, 6.07) is 8.51. The van der Waals surface area contributed by atoms with Gasteiger partial charge in [0.25, 0.3) is 0 Å². The first-order valence-corrected chi connectivity index (χ1v) is 9.55. The minimum Gasteiger partial charge on any atom is -0.481 e. The van der Waals surface area contributed by atoms with E-state index in [1.165, 1.54) is 4.31 Å². The Morgan fingerprint density at radius 3 is 2.75 bits per heavy atom. The van der Waals surface area contributed by atoms with E-state index >= 15 is 0 Å². The van der Waals surface area contributed by atoms with Gasteiger partial charge in [0.2, 0.25) is 10.0 Å². The molecule has 1 heterocycles. The van der Waals surface area contributed by atoms with Crippen LogP contribution in [0.3, 0.4) is 0 Å². The number of carboxylic acid groups (broad SMARTS) is 1. The van der Waals surface area contributed by atoms with Crippen molar-refractivity contribution >= 4 is 16.0 Å². The number of sulfonamides is 1. The van der Waals surface area contributed by atoms with E-state index in [4.69, 9.17) is 5.26 Å². The number of nitriles is 1. The lowest BCUT2D eigenvalue weighted by Gasteiger charge is -2.53. The number of piperidine rings is 1. The lowest BCUT2D eigenvalue weighted by molar-refractivity contribution is -0.146. The van der Waals surface area contributed by atoms with Crippen molar-refractivity contribution in [2.24, 2.45) is 5.92 Å². The van der Waals surface area contributed by atoms with Crippen LogP contribution in [-0.2, 0) is 21.2 Å². The molecule has 1 saturated carbocycles. The van der Waals surface area contributed by atoms with Crippen LogP contribution in [0, 0.1) is 17.2 Å². The Labute approximate surface area is 141 Å². The lowest BCUT2D eigenvalue weighted by atomic mass is 9.68. The molecule has 1 aliphatic heterocycles. The zero-order valence-corrected chi connectivity index (χ0v) is 14.1. The molecule has 1 aliphatic carbocycles. The molecule has 0 amide bonds. The molecule has 1 saturated heterocycles. The lowest BCUT2D eigenvalue weighted by Crippen LogP contribution is -2.60. The summed E-state index contributed by atoms with van der Waals surface area (Å²) in [7, 11) is -3.69. The first-order chi connectivity index (χ1) is 11.4. The third-order valence-corrected chi connectivity index (χ3v) is 7.24. The minimum absolute atomic E-state index is 0.162. The summed E-state index contributed by atoms with van der Waals surface area (Å²) >= 11 is 0. The molecular formula is C17H20N2O4S. The van der Waals surface area contributed by atoms with Crippen LogP contribution in [-0.4, -0.2) is 35.9 Å². The van der Waals surface area contributed by atoms with Crippen LogP contribution in [0.25, 0.3) is 0 Å². The molecule has 1 aromatic carbocycles. The van der Waals surface area contributed by atoms with Gasteiger partial charge in [-0.3, -0.25) is 4.79 Å². The predicted molar refractivity (Wildman–Crippen MR) is 86.6 cm³/mol. The Hall–Kier alpha value is -1.91. The van der Waals surface area contributed by atoms with E-state index in [1.54, 1.807) is 24.3 Å². The maximum Gasteiger partial charge on any atom is 0.306 e. The van der Waals surface area contributed by atoms with E-state index in [9.17, 15) is 18.3 Å². The zero-order chi connectivity index (χ0) is 17.4. The summed E-state index contributed by atoms with van der Waals surface area (Å²) in [6.45, 7) is 0.238. The molecule has 0 bridgehead atoms. The molecule has 1 spiro atoms. The number of nitrogens with zero attached hydrogens (tertiary/aromatic N) is 2. The molecule has 3 rings (SSSR count). The van der Waals surface area contributed by atoms with Crippen molar-refractivity contribution in [2.45, 2.75) is 49.0 Å². The molecule has 24 heavy (non-hydrogen) atoms. The molecule has 1 N–H and O–H groups in total. The number of carboxylic acids is 1. The summed E-state index contributed by atoms with van der Waals surface area (Å²) in [5.41, 5.74) is 0.118. The van der Waals surface area contributed by atoms with Crippen LogP contribution in [0.2, 0.25) is 0 Å². The molecule has 1 aromatic rings. The quantitative estimate of drug-likeness (QED) is 0.899. The molecule has 128 valence electrons. The van der Waals surface area contributed by atoms with Crippen molar-refractivity contribution in [1.82, 2.24) is 4.31 Å². The van der Waals surface area contributed by atoms with Crippen LogP contribution in [0.4, 0.5) is 0 Å². The average molecular weight is 348 g/mol. The third kappa shape index (κ3) is 2.80. The normalized spacial score (nSPS) is 23.4. The molecule has 2 fully saturated rings. The summed E-state index contributed by atoms with van der Waals surface area (Å²) in [5.74, 6) is -1.31. The summed E-state index contributed by atoms with van der Waals surface area (Å²) < 4.78 is 27.8. The maximum absolute atomic E-state index is 13.1. The van der Waals surface area contributed by atoms with Crippen LogP contribution in [0.15, 0.2) is 29.2 Å². The van der Waals surface area contributed by atoms with E-state index in [2.05, 4.69) is 0 Å². The zero-order valence-electron chi connectivity index (χ0n) is 13.3. The molecule has 2 aliphatic rings. The van der Waals surface area contributed by atoms with Gasteiger partial charge in [-0.25, -0.2) is 8.42 Å². The Bertz CT molecular complexity index is 793. The number of hydrogen-bond acceptors (Lipinski definition) is 4. The molecular weight excluding hydrogens is 328 g/mol. The Balaban J connectivity index is 1.93. The van der Waals surface area contributed by atoms with E-state index in [-0.39, 0.29) is 17.9 Å². The van der Waals surface area contributed by atoms with Gasteiger partial charge in [-0.1, -0.05) is 12.1 Å². The number of carbonyl (C=O) groups is 1. The Kier molecular flexibility index (Phi) is 4.37. The van der Waals surface area contributed by atoms with Crippen molar-refractivity contribution in [3.8, 4) is 6.07 Å². The second-order valence-corrected chi connectivity index (χ2v) is 8.53. The van der Waals surface area contributed by atoms with E-state index in [0.29, 0.717) is 31.2 Å². The van der Waals surface area contributed by atoms with Gasteiger partial charge in [-0.2, -0.15) is 9.57 Å². The van der Waals surface area contributed by atoms with Crippen LogP contribution >= 0.6 is 0 Å². The van der Waals surface area contributed by atoms with Crippen molar-refractivity contribution in [2.75, 3.05) is 6.54 Å². The van der Waals surface area contributed by atoms with E-state index in [0.717, 1.165) is 6.42 Å². The average Bonchev–Trinajstić information content (AvgIpc) is 2.53. The summed E-state index contributed by atoms with van der Waals surface area (Å²) in [5, 5.41) is 18.1. The second-order valence-electron chi connectivity index (χ2n) is 6.67. The fourth-order valence-electron chi connectivity index (χ4n) is 3.83. The first-order valence-electron chi connectivity index (χ1n) is 8.11. The molecule has 1 unspecified atom stereocenters. The van der Waals surface area contributed by atoms with Crippen molar-refractivity contribution < 1.29 is 18.3 Å². The van der Waals surface area contributed by atoms with E-state index in [1.807, 2.05) is 6.07 Å². The van der Waals surface area contributed by atoms with Crippen LogP contribution < -0.4 is 0 Å². The van der Waals surface area contributed by atoms with Gasteiger partial charge in [0, 0.05) is 12.1 Å². The number of rotatable bonds is 4. The Morgan fingerprint density at radius 2 is 2.17 bits per heavy atom. The fraction of sp³-hybridized carbons (Fsp3) is 0.529. The highest BCUT2D eigenvalue weighted by Crippen LogP contribution is 2.48. The second kappa shape index (κ2) is 6.19. The molecule has 1 atom stereocenters. The number of benzene rings is 1. The topological polar surface area (TPSA) is 98.5 Å². The number of aliphatic carboxylic acids is 1. The van der Waals surface area contributed by atoms with Crippen LogP contribution in [0.1, 0.15) is 37.7 Å². The molecule has 0 aromatic heterocycles. The van der Waals surface area contributed by atoms with Gasteiger partial charge in [0.1, 0.15) is 0 Å². The largest absolute Gasteiger partial charge is 0.481 e. The predicted octanol–water partition coefficient (Wildman–Crippen LogP) is 2.16. The minimum atomic E-state index is -3.69. The van der Waals surface area contributed by atoms with Crippen molar-refractivity contribution in [3.05, 3.63) is 29.8 Å². The molecule has 7 heteroatoms. The van der Waals surface area contributed by atoms with Crippen molar-refractivity contribution in [1.29, 1.82) is 5.26 Å². The van der Waals surface area contributed by atoms with Gasteiger partial charge in [-0.05, 0) is 49.8 Å². The Morgan fingerprint density at radius 1 is 1.42 bits per heavy atom. The standard InChI is InChI=1S/C17H20N2O4S/c18-9-5-13-3-1-4-15(11-13)24(22,23)19-10-6-14(16(20)21)12-17(19)7-2-8-17/h1,3-4,11,14H,2,5-8,10,12H2,(H,20,21). The third-order valence-electron chi connectivity index (χ3n) is 5.24. The maximum atomic E-state index is 13.1. The highest BCUT2D eigenvalue weighted by Gasteiger charge is 2.52. The van der Waals surface area contributed by atoms with Crippen LogP contribution in [0.5, 0.6) is 0 Å². The summed E-state index contributed by atoms with van der Waals surface area (Å²) in [6.07, 6.45) is 3.25. The van der Waals surface area contributed by atoms with Gasteiger partial charge in [-0.15, -0.1) is 0 Å². The monoisotopic (exact) mass is 348 g/mol. The van der Waals surface area contributed by atoms with E-state index < -0.39 is 27.4 Å². The highest BCUT2D eigenvalue weighted by atomic mass is 32.2. The van der Waals surface area contributed by atoms with Gasteiger partial charge in [0.05, 0.1) is 23.3 Å².